The zero-order valence-electron chi connectivity index (χ0n) is 20.5. The Hall–Kier alpha value is -3.84. The summed E-state index contributed by atoms with van der Waals surface area (Å²) in [4.78, 5) is 27.5. The number of rotatable bonds is 5. The molecular formula is C30H30N2O5. The molecule has 2 fully saturated rings. The van der Waals surface area contributed by atoms with Crippen LogP contribution in [0.5, 0.6) is 0 Å². The molecule has 3 aromatic carbocycles. The summed E-state index contributed by atoms with van der Waals surface area (Å²) in [5.74, 6) is 0.0195. The van der Waals surface area contributed by atoms with Gasteiger partial charge in [0, 0.05) is 12.0 Å². The first kappa shape index (κ1) is 23.6. The summed E-state index contributed by atoms with van der Waals surface area (Å²) in [6.07, 6.45) is 0.440. The van der Waals surface area contributed by atoms with E-state index in [4.69, 9.17) is 14.2 Å². The van der Waals surface area contributed by atoms with Crippen LogP contribution in [0.1, 0.15) is 35.4 Å². The highest BCUT2D eigenvalue weighted by Gasteiger charge is 2.43. The number of amides is 2. The zero-order valence-corrected chi connectivity index (χ0v) is 20.5. The van der Waals surface area contributed by atoms with Crippen LogP contribution < -0.4 is 5.32 Å². The van der Waals surface area contributed by atoms with Gasteiger partial charge in [-0.1, -0.05) is 78.9 Å². The number of nitrogens with one attached hydrogen (secondary N) is 1. The van der Waals surface area contributed by atoms with E-state index in [1.165, 1.54) is 22.3 Å². The Balaban J connectivity index is 1.07. The fraction of sp³-hybridized carbons (Fsp3) is 0.333. The predicted octanol–water partition coefficient (Wildman–Crippen LogP) is 5.09. The lowest BCUT2D eigenvalue weighted by atomic mass is 9.90. The first-order valence-electron chi connectivity index (χ1n) is 12.9. The summed E-state index contributed by atoms with van der Waals surface area (Å²) in [5.41, 5.74) is 5.73. The topological polar surface area (TPSA) is 77.1 Å². The molecule has 2 bridgehead atoms. The molecule has 2 saturated heterocycles. The van der Waals surface area contributed by atoms with Gasteiger partial charge < -0.3 is 19.5 Å². The van der Waals surface area contributed by atoms with Gasteiger partial charge in [0.05, 0.1) is 25.3 Å². The summed E-state index contributed by atoms with van der Waals surface area (Å²) in [6, 6.07) is 25.8. The molecule has 2 aliphatic heterocycles. The van der Waals surface area contributed by atoms with E-state index in [0.29, 0.717) is 26.1 Å². The number of piperidine rings is 1. The summed E-state index contributed by atoms with van der Waals surface area (Å²) in [7, 11) is 0. The molecule has 2 atom stereocenters. The molecule has 0 aromatic heterocycles. The number of alkyl carbamates (subject to hydrolysis) is 1. The summed E-state index contributed by atoms with van der Waals surface area (Å²) in [5, 5.41) is 2.98. The van der Waals surface area contributed by atoms with Crippen molar-refractivity contribution >= 4 is 12.2 Å². The van der Waals surface area contributed by atoms with Crippen LogP contribution in [-0.2, 0) is 20.8 Å². The van der Waals surface area contributed by atoms with Gasteiger partial charge in [-0.3, -0.25) is 4.90 Å². The number of fused-ring (bicyclic) bond motifs is 5. The largest absolute Gasteiger partial charge is 0.448 e. The van der Waals surface area contributed by atoms with Gasteiger partial charge in [0.15, 0.2) is 0 Å². The first-order valence-corrected chi connectivity index (χ1v) is 12.9. The van der Waals surface area contributed by atoms with Crippen LogP contribution in [0.25, 0.3) is 11.1 Å². The highest BCUT2D eigenvalue weighted by molar-refractivity contribution is 5.79. The van der Waals surface area contributed by atoms with Gasteiger partial charge >= 0.3 is 12.2 Å². The Morgan fingerprint density at radius 1 is 0.811 bits per heavy atom. The molecule has 0 spiro atoms. The van der Waals surface area contributed by atoms with Gasteiger partial charge in [-0.25, -0.2) is 9.59 Å². The van der Waals surface area contributed by atoms with Crippen LogP contribution >= 0.6 is 0 Å². The normalized spacial score (nSPS) is 22.1. The van der Waals surface area contributed by atoms with E-state index in [9.17, 15) is 9.59 Å². The van der Waals surface area contributed by atoms with Gasteiger partial charge in [-0.15, -0.1) is 0 Å². The van der Waals surface area contributed by atoms with E-state index in [0.717, 1.165) is 5.56 Å². The van der Waals surface area contributed by atoms with Crippen molar-refractivity contribution in [2.24, 2.45) is 0 Å². The van der Waals surface area contributed by atoms with Gasteiger partial charge in [-0.05, 0) is 40.7 Å². The maximum Gasteiger partial charge on any atom is 0.410 e. The Morgan fingerprint density at radius 2 is 1.41 bits per heavy atom. The molecule has 0 saturated carbocycles. The molecule has 190 valence electrons. The molecule has 7 heteroatoms. The van der Waals surface area contributed by atoms with Crippen LogP contribution in [0.2, 0.25) is 0 Å². The fourth-order valence-corrected chi connectivity index (χ4v) is 5.93. The lowest BCUT2D eigenvalue weighted by molar-refractivity contribution is -0.0722. The molecule has 0 radical (unpaired) electrons. The van der Waals surface area contributed by atoms with Crippen molar-refractivity contribution < 1.29 is 23.8 Å². The number of hydrogen-bond acceptors (Lipinski definition) is 5. The minimum absolute atomic E-state index is 0.0195. The monoisotopic (exact) mass is 498 g/mol. The average molecular weight is 499 g/mol. The Kier molecular flexibility index (Phi) is 6.53. The lowest BCUT2D eigenvalue weighted by Crippen LogP contribution is -2.62. The molecule has 3 aromatic rings. The first-order chi connectivity index (χ1) is 18.2. The quantitative estimate of drug-likeness (QED) is 0.530. The number of ether oxygens (including phenoxy) is 3. The van der Waals surface area contributed by atoms with Gasteiger partial charge in [0.25, 0.3) is 0 Å². The lowest BCUT2D eigenvalue weighted by Gasteiger charge is -2.47. The molecule has 1 aliphatic carbocycles. The molecule has 1 N–H and O–H groups in total. The second kappa shape index (κ2) is 10.3. The summed E-state index contributed by atoms with van der Waals surface area (Å²) < 4.78 is 17.1. The molecule has 2 amide bonds. The van der Waals surface area contributed by atoms with E-state index >= 15 is 0 Å². The minimum atomic E-state index is -0.442. The smallest absolute Gasteiger partial charge is 0.410 e. The Morgan fingerprint density at radius 3 is 2.05 bits per heavy atom. The zero-order chi connectivity index (χ0) is 25.2. The van der Waals surface area contributed by atoms with Crippen molar-refractivity contribution in [3.8, 4) is 11.1 Å². The maximum atomic E-state index is 13.3. The van der Waals surface area contributed by atoms with Crippen LogP contribution in [0.3, 0.4) is 0 Å². The molecule has 2 unspecified atom stereocenters. The third-order valence-electron chi connectivity index (χ3n) is 7.60. The van der Waals surface area contributed by atoms with Crippen molar-refractivity contribution in [3.63, 3.8) is 0 Å². The number of morpholine rings is 1. The number of benzene rings is 3. The van der Waals surface area contributed by atoms with E-state index < -0.39 is 6.09 Å². The van der Waals surface area contributed by atoms with Crippen LogP contribution in [0, 0.1) is 0 Å². The van der Waals surface area contributed by atoms with Crippen molar-refractivity contribution in [2.45, 2.75) is 43.5 Å². The number of nitrogens with zero attached hydrogens (tertiary/aromatic N) is 1. The molecule has 3 aliphatic rings. The molecule has 6 rings (SSSR count). The molecule has 2 heterocycles. The average Bonchev–Trinajstić information content (AvgIpc) is 3.24. The number of hydrogen-bond donors (Lipinski definition) is 1. The molecule has 7 nitrogen and oxygen atoms in total. The van der Waals surface area contributed by atoms with E-state index in [1.54, 1.807) is 0 Å². The minimum Gasteiger partial charge on any atom is -0.448 e. The summed E-state index contributed by atoms with van der Waals surface area (Å²) >= 11 is 0. The number of carbonyl (C=O) groups is 2. The van der Waals surface area contributed by atoms with Crippen molar-refractivity contribution in [1.29, 1.82) is 0 Å². The number of carbonyl (C=O) groups excluding carboxylic acids is 2. The van der Waals surface area contributed by atoms with Crippen LogP contribution in [-0.4, -0.2) is 55.0 Å². The standard InChI is InChI=1S/C30H30N2O5/c33-29(36-16-20-8-2-1-3-9-20)31-21-14-22-17-35-18-23(15-21)32(22)30(34)37-19-28-26-12-6-4-10-24(26)25-11-5-7-13-27(25)28/h1-13,21-23,28H,14-19H2,(H,31,33). The van der Waals surface area contributed by atoms with Gasteiger partial charge in [0.1, 0.15) is 13.2 Å². The Labute approximate surface area is 216 Å². The van der Waals surface area contributed by atoms with Gasteiger partial charge in [-0.2, -0.15) is 0 Å². The van der Waals surface area contributed by atoms with E-state index in [-0.39, 0.29) is 43.4 Å². The van der Waals surface area contributed by atoms with Crippen molar-refractivity contribution in [2.75, 3.05) is 19.8 Å². The van der Waals surface area contributed by atoms with E-state index in [2.05, 4.69) is 29.6 Å². The molecule has 37 heavy (non-hydrogen) atoms. The second-order valence-corrected chi connectivity index (χ2v) is 9.93. The SMILES string of the molecule is O=C(NC1CC2COCC(C1)N2C(=O)OCC1c2ccccc2-c2ccccc21)OCc1ccccc1. The van der Waals surface area contributed by atoms with Crippen molar-refractivity contribution in [3.05, 3.63) is 95.6 Å². The highest BCUT2D eigenvalue weighted by Crippen LogP contribution is 2.44. The second-order valence-electron chi connectivity index (χ2n) is 9.93. The van der Waals surface area contributed by atoms with E-state index in [1.807, 2.05) is 59.5 Å². The van der Waals surface area contributed by atoms with Crippen LogP contribution in [0.15, 0.2) is 78.9 Å². The maximum absolute atomic E-state index is 13.3. The highest BCUT2D eigenvalue weighted by atomic mass is 16.6. The summed E-state index contributed by atoms with van der Waals surface area (Å²) in [6.45, 7) is 1.37. The Bertz CT molecular complexity index is 1220. The van der Waals surface area contributed by atoms with Crippen molar-refractivity contribution in [1.82, 2.24) is 10.2 Å². The third-order valence-corrected chi connectivity index (χ3v) is 7.60. The third kappa shape index (κ3) is 4.79. The van der Waals surface area contributed by atoms with Crippen LogP contribution in [0.4, 0.5) is 9.59 Å². The molecular weight excluding hydrogens is 468 g/mol. The fourth-order valence-electron chi connectivity index (χ4n) is 5.93. The van der Waals surface area contributed by atoms with Gasteiger partial charge in [0.2, 0.25) is 0 Å². The predicted molar refractivity (Wildman–Crippen MR) is 138 cm³/mol.